The molecule has 0 bridgehead atoms. The molecule has 100 valence electrons. The Labute approximate surface area is 116 Å². The second-order valence-corrected chi connectivity index (χ2v) is 5.78. The van der Waals surface area contributed by atoms with E-state index in [1.807, 2.05) is 35.5 Å². The van der Waals surface area contributed by atoms with E-state index in [1.165, 1.54) is 10.5 Å². The smallest absolute Gasteiger partial charge is 0.138 e. The maximum Gasteiger partial charge on any atom is 0.138 e. The number of fused-ring (bicyclic) bond motifs is 1. The van der Waals surface area contributed by atoms with E-state index in [9.17, 15) is 5.11 Å². The molecule has 1 aromatic carbocycles. The van der Waals surface area contributed by atoms with Gasteiger partial charge in [0.1, 0.15) is 12.2 Å². The third-order valence-corrected chi connectivity index (χ3v) is 4.80. The number of nitrogens with zero attached hydrogens (tertiary/aromatic N) is 3. The number of aryl methyl sites for hydroxylation is 1. The number of thioether (sulfide) groups is 1. The van der Waals surface area contributed by atoms with Gasteiger partial charge in [0.25, 0.3) is 0 Å². The van der Waals surface area contributed by atoms with Gasteiger partial charge in [-0.3, -0.25) is 4.68 Å². The molecule has 19 heavy (non-hydrogen) atoms. The van der Waals surface area contributed by atoms with E-state index < -0.39 is 6.10 Å². The summed E-state index contributed by atoms with van der Waals surface area (Å²) in [5.74, 6) is 2.01. The van der Waals surface area contributed by atoms with E-state index >= 15 is 0 Å². The van der Waals surface area contributed by atoms with Crippen molar-refractivity contribution in [1.82, 2.24) is 14.8 Å². The van der Waals surface area contributed by atoms with E-state index in [-0.39, 0.29) is 5.92 Å². The van der Waals surface area contributed by atoms with Crippen LogP contribution in [0, 0.1) is 0 Å². The van der Waals surface area contributed by atoms with Crippen LogP contribution in [0.25, 0.3) is 0 Å². The van der Waals surface area contributed by atoms with Gasteiger partial charge in [-0.2, -0.15) is 5.10 Å². The van der Waals surface area contributed by atoms with Crippen molar-refractivity contribution < 1.29 is 5.11 Å². The fourth-order valence-electron chi connectivity index (χ4n) is 2.55. The average molecular weight is 275 g/mol. The normalized spacial score (nSPS) is 19.4. The zero-order chi connectivity index (χ0) is 13.2. The molecule has 3 rings (SSSR count). The molecule has 1 N–H and O–H groups in total. The monoisotopic (exact) mass is 275 g/mol. The lowest BCUT2D eigenvalue weighted by atomic mass is 9.93. The molecule has 4 nitrogen and oxygen atoms in total. The first-order chi connectivity index (χ1) is 9.29. The molecule has 0 fully saturated rings. The van der Waals surface area contributed by atoms with Gasteiger partial charge in [0, 0.05) is 29.5 Å². The Balaban J connectivity index is 1.77. The van der Waals surface area contributed by atoms with Gasteiger partial charge < -0.3 is 5.11 Å². The highest BCUT2D eigenvalue weighted by Gasteiger charge is 2.29. The zero-order valence-electron chi connectivity index (χ0n) is 10.9. The number of benzene rings is 1. The summed E-state index contributed by atoms with van der Waals surface area (Å²) in [4.78, 5) is 5.53. The van der Waals surface area contributed by atoms with E-state index in [1.54, 1.807) is 6.33 Å². The molecule has 0 saturated carbocycles. The van der Waals surface area contributed by atoms with Gasteiger partial charge in [0.05, 0.1) is 6.10 Å². The number of aliphatic hydroxyl groups is 1. The minimum atomic E-state index is -0.398. The first-order valence-corrected chi connectivity index (χ1v) is 7.54. The first-order valence-electron chi connectivity index (χ1n) is 6.56. The highest BCUT2D eigenvalue weighted by Crippen LogP contribution is 2.41. The van der Waals surface area contributed by atoms with E-state index in [0.717, 1.165) is 18.1 Å². The highest BCUT2D eigenvalue weighted by molar-refractivity contribution is 7.99. The quantitative estimate of drug-likeness (QED) is 0.928. The lowest BCUT2D eigenvalue weighted by Gasteiger charge is -2.18. The molecular weight excluding hydrogens is 258 g/mol. The van der Waals surface area contributed by atoms with Crippen LogP contribution in [0.3, 0.4) is 0 Å². The van der Waals surface area contributed by atoms with Crippen molar-refractivity contribution >= 4 is 11.8 Å². The number of rotatable bonds is 4. The molecule has 0 radical (unpaired) electrons. The molecule has 1 aromatic heterocycles. The van der Waals surface area contributed by atoms with Crippen molar-refractivity contribution in [2.45, 2.75) is 36.8 Å². The van der Waals surface area contributed by atoms with Gasteiger partial charge in [0.15, 0.2) is 0 Å². The summed E-state index contributed by atoms with van der Waals surface area (Å²) < 4.78 is 1.84. The Hall–Kier alpha value is -1.33. The molecule has 0 aliphatic carbocycles. The van der Waals surface area contributed by atoms with Crippen LogP contribution in [-0.4, -0.2) is 31.7 Å². The van der Waals surface area contributed by atoms with Crippen LogP contribution in [0.4, 0.5) is 0 Å². The number of aromatic nitrogens is 3. The molecule has 2 heterocycles. The summed E-state index contributed by atoms with van der Waals surface area (Å²) in [5, 5.41) is 14.6. The Morgan fingerprint density at radius 3 is 3.16 bits per heavy atom. The van der Waals surface area contributed by atoms with Crippen LogP contribution < -0.4 is 0 Å². The second kappa shape index (κ2) is 5.35. The van der Waals surface area contributed by atoms with Crippen molar-refractivity contribution in [3.05, 3.63) is 42.0 Å². The van der Waals surface area contributed by atoms with Crippen LogP contribution in [0.15, 0.2) is 35.5 Å². The van der Waals surface area contributed by atoms with E-state index in [2.05, 4.69) is 22.2 Å². The summed E-state index contributed by atoms with van der Waals surface area (Å²) in [6.07, 6.45) is 1.72. The SMILES string of the molecule is CCn1ncnc1CC(O)C1CSc2ccccc21. The molecule has 1 aliphatic heterocycles. The topological polar surface area (TPSA) is 50.9 Å². The fourth-order valence-corrected chi connectivity index (χ4v) is 3.87. The minimum absolute atomic E-state index is 0.197. The van der Waals surface area contributed by atoms with Crippen molar-refractivity contribution in [2.24, 2.45) is 0 Å². The van der Waals surface area contributed by atoms with E-state index in [4.69, 9.17) is 0 Å². The maximum atomic E-state index is 10.5. The molecule has 0 saturated heterocycles. The van der Waals surface area contributed by atoms with Crippen molar-refractivity contribution in [2.75, 3.05) is 5.75 Å². The highest BCUT2D eigenvalue weighted by atomic mass is 32.2. The van der Waals surface area contributed by atoms with Gasteiger partial charge in [-0.25, -0.2) is 4.98 Å². The molecule has 2 unspecified atom stereocenters. The van der Waals surface area contributed by atoms with Gasteiger partial charge in [-0.15, -0.1) is 11.8 Å². The Bertz CT molecular complexity index is 569. The molecule has 0 spiro atoms. The molecule has 0 amide bonds. The molecule has 2 atom stereocenters. The Morgan fingerprint density at radius 2 is 2.32 bits per heavy atom. The lowest BCUT2D eigenvalue weighted by Crippen LogP contribution is -2.23. The summed E-state index contributed by atoms with van der Waals surface area (Å²) in [6, 6.07) is 8.34. The van der Waals surface area contributed by atoms with Crippen LogP contribution in [0.2, 0.25) is 0 Å². The summed E-state index contributed by atoms with van der Waals surface area (Å²) >= 11 is 1.82. The standard InChI is InChI=1S/C14H17N3OS/c1-2-17-14(15-9-16-17)7-12(18)11-8-19-13-6-4-3-5-10(11)13/h3-6,9,11-12,18H,2,7-8H2,1H3. The number of hydrogen-bond acceptors (Lipinski definition) is 4. The summed E-state index contributed by atoms with van der Waals surface area (Å²) in [5.41, 5.74) is 1.27. The van der Waals surface area contributed by atoms with Crippen LogP contribution in [0.5, 0.6) is 0 Å². The average Bonchev–Trinajstić information content (AvgIpc) is 3.04. The predicted molar refractivity (Wildman–Crippen MR) is 75.3 cm³/mol. The Kier molecular flexibility index (Phi) is 3.57. The molecule has 2 aromatic rings. The summed E-state index contributed by atoms with van der Waals surface area (Å²) in [6.45, 7) is 2.82. The predicted octanol–water partition coefficient (Wildman–Crippen LogP) is 2.09. The summed E-state index contributed by atoms with van der Waals surface area (Å²) in [7, 11) is 0. The van der Waals surface area contributed by atoms with Crippen molar-refractivity contribution in [3.8, 4) is 0 Å². The van der Waals surface area contributed by atoms with Gasteiger partial charge in [0.2, 0.25) is 0 Å². The third kappa shape index (κ3) is 2.40. The van der Waals surface area contributed by atoms with Crippen LogP contribution in [-0.2, 0) is 13.0 Å². The number of aliphatic hydroxyl groups excluding tert-OH is 1. The molecule has 5 heteroatoms. The second-order valence-electron chi connectivity index (χ2n) is 4.72. The van der Waals surface area contributed by atoms with Crippen molar-refractivity contribution in [3.63, 3.8) is 0 Å². The van der Waals surface area contributed by atoms with E-state index in [0.29, 0.717) is 6.42 Å². The molecule has 1 aliphatic rings. The van der Waals surface area contributed by atoms with Crippen LogP contribution >= 0.6 is 11.8 Å². The van der Waals surface area contributed by atoms with Gasteiger partial charge in [-0.05, 0) is 18.6 Å². The van der Waals surface area contributed by atoms with Crippen LogP contribution in [0.1, 0.15) is 24.2 Å². The van der Waals surface area contributed by atoms with Crippen molar-refractivity contribution in [1.29, 1.82) is 0 Å². The Morgan fingerprint density at radius 1 is 1.47 bits per heavy atom. The first kappa shape index (κ1) is 12.7. The largest absolute Gasteiger partial charge is 0.392 e. The third-order valence-electron chi connectivity index (χ3n) is 3.59. The number of hydrogen-bond donors (Lipinski definition) is 1. The molecular formula is C14H17N3OS. The minimum Gasteiger partial charge on any atom is -0.392 e. The van der Waals surface area contributed by atoms with Gasteiger partial charge in [-0.1, -0.05) is 18.2 Å². The lowest BCUT2D eigenvalue weighted by molar-refractivity contribution is 0.148. The zero-order valence-corrected chi connectivity index (χ0v) is 11.7. The maximum absolute atomic E-state index is 10.5. The van der Waals surface area contributed by atoms with Gasteiger partial charge >= 0.3 is 0 Å². The fraction of sp³-hybridized carbons (Fsp3) is 0.429.